The van der Waals surface area contributed by atoms with Crippen LogP contribution in [0.2, 0.25) is 11.8 Å². The minimum absolute atomic E-state index is 0.0615. The van der Waals surface area contributed by atoms with Gasteiger partial charge in [-0.15, -0.1) is 11.3 Å². The summed E-state index contributed by atoms with van der Waals surface area (Å²) in [6, 6.07) is 23.2. The molecule has 3 aromatic carbocycles. The van der Waals surface area contributed by atoms with Crippen LogP contribution in [0.5, 0.6) is 11.9 Å². The van der Waals surface area contributed by atoms with Gasteiger partial charge in [0.1, 0.15) is 0 Å². The number of piperazine rings is 1. The van der Waals surface area contributed by atoms with Crippen LogP contribution in [-0.2, 0) is 9.59 Å². The molecule has 1 aliphatic carbocycles. The van der Waals surface area contributed by atoms with Crippen molar-refractivity contribution >= 4 is 70.4 Å². The number of aliphatic hydroxyl groups excluding tert-OH is 1. The molecule has 2 amide bonds. The van der Waals surface area contributed by atoms with Crippen molar-refractivity contribution in [1.82, 2.24) is 40.6 Å². The number of aliphatic hydroxyl groups is 1. The molecule has 15 nitrogen and oxygen atoms in total. The van der Waals surface area contributed by atoms with Crippen molar-refractivity contribution in [1.29, 1.82) is 0 Å². The number of likely N-dealkylation sites (tertiary alicyclic amines) is 1. The Kier molecular flexibility index (Phi) is 13.1. The average Bonchev–Trinajstić information content (AvgIpc) is 4.37. The van der Waals surface area contributed by atoms with E-state index in [9.17, 15) is 14.7 Å². The number of carbonyl (C=O) groups excluding carboxylic acids is 2. The molecule has 13 rings (SSSR count). The Labute approximate surface area is 454 Å². The van der Waals surface area contributed by atoms with E-state index in [4.69, 9.17) is 28.9 Å². The summed E-state index contributed by atoms with van der Waals surface area (Å²) in [6.07, 6.45) is 8.26. The smallest absolute Gasteiger partial charge is 0.0531 e. The van der Waals surface area contributed by atoms with Gasteiger partial charge in [0, 0.05) is 0 Å². The van der Waals surface area contributed by atoms with Gasteiger partial charge in [0.25, 0.3) is 0 Å². The van der Waals surface area contributed by atoms with Crippen molar-refractivity contribution in [3.63, 3.8) is 0 Å². The van der Waals surface area contributed by atoms with Crippen molar-refractivity contribution in [3.05, 3.63) is 107 Å². The van der Waals surface area contributed by atoms with Gasteiger partial charge in [-0.3, -0.25) is 0 Å². The number of nitrogens with one attached hydrogen (secondary N) is 2. The Balaban J connectivity index is 0.693. The molecule has 3 unspecified atom stereocenters. The first-order chi connectivity index (χ1) is 36.9. The number of aromatic nitrogens is 5. The zero-order chi connectivity index (χ0) is 52.0. The third-order valence-corrected chi connectivity index (χ3v) is 31.3. The van der Waals surface area contributed by atoms with E-state index in [0.29, 0.717) is 46.9 Å². The molecule has 5 saturated heterocycles. The topological polar surface area (TPSA) is 181 Å². The van der Waals surface area contributed by atoms with Gasteiger partial charge in [0.2, 0.25) is 0 Å². The van der Waals surface area contributed by atoms with Crippen LogP contribution in [0.4, 0.5) is 5.82 Å². The molecule has 5 fully saturated rings. The molecule has 0 spiro atoms. The molecule has 9 atom stereocenters. The van der Waals surface area contributed by atoms with Crippen LogP contribution in [-0.4, -0.2) is 124 Å². The molecule has 4 aromatic heterocycles. The second-order valence-electron chi connectivity index (χ2n) is 22.9. The number of rotatable bonds is 14. The zero-order valence-electron chi connectivity index (χ0n) is 43.9. The quantitative estimate of drug-likeness (QED) is 0.0877. The second kappa shape index (κ2) is 20.0. The molecule has 2 bridgehead atoms. The predicted molar refractivity (Wildman–Crippen MR) is 295 cm³/mol. The molecular formula is C59H66N9O6SSn. The molecule has 9 heterocycles. The maximum Gasteiger partial charge on any atom is -0.0531 e. The van der Waals surface area contributed by atoms with E-state index in [2.05, 4.69) is 69.0 Å². The Morgan fingerprint density at radius 2 is 1.79 bits per heavy atom. The monoisotopic (exact) mass is 1150 g/mol. The third-order valence-electron chi connectivity index (χ3n) is 17.9. The van der Waals surface area contributed by atoms with Crippen LogP contribution in [0.25, 0.3) is 43.4 Å². The van der Waals surface area contributed by atoms with Crippen LogP contribution in [0, 0.1) is 12.8 Å². The summed E-state index contributed by atoms with van der Waals surface area (Å²) in [5.41, 5.74) is 10.4. The summed E-state index contributed by atoms with van der Waals surface area (Å²) >= 11 is -0.564. The number of ether oxygens (including phenoxy) is 2. The van der Waals surface area contributed by atoms with Crippen LogP contribution >= 0.6 is 11.3 Å². The summed E-state index contributed by atoms with van der Waals surface area (Å²) in [6.45, 7) is 13.2. The number of β-amino-alcohol motifs (C(OH)–C–C–N with tert-alkyl or cyclic N) is 1. The van der Waals surface area contributed by atoms with Crippen LogP contribution in [0.1, 0.15) is 119 Å². The largest absolute Gasteiger partial charge is 0.0563 e. The van der Waals surface area contributed by atoms with Crippen molar-refractivity contribution in [2.24, 2.45) is 5.92 Å². The molecule has 5 aliphatic heterocycles. The number of anilines is 1. The predicted octanol–water partition coefficient (Wildman–Crippen LogP) is 9.90. The van der Waals surface area contributed by atoms with Gasteiger partial charge in [-0.05, 0) is 25.0 Å². The molecule has 1 radical (unpaired) electrons. The van der Waals surface area contributed by atoms with E-state index in [0.717, 1.165) is 87.6 Å². The van der Waals surface area contributed by atoms with E-state index < -0.39 is 37.8 Å². The number of thiazole rings is 1. The molecule has 6 aliphatic rings. The van der Waals surface area contributed by atoms with Gasteiger partial charge >= 0.3 is 369 Å². The van der Waals surface area contributed by atoms with Crippen LogP contribution in [0.15, 0.2) is 83.0 Å². The van der Waals surface area contributed by atoms with Crippen molar-refractivity contribution < 1.29 is 28.7 Å². The van der Waals surface area contributed by atoms with Gasteiger partial charge in [0.15, 0.2) is 0 Å². The van der Waals surface area contributed by atoms with Gasteiger partial charge in [0.05, 0.1) is 22.1 Å². The van der Waals surface area contributed by atoms with E-state index >= 15 is 0 Å². The van der Waals surface area contributed by atoms with Crippen LogP contribution < -0.4 is 25.0 Å². The molecule has 0 saturated carbocycles. The van der Waals surface area contributed by atoms with E-state index in [1.807, 2.05) is 63.7 Å². The summed E-state index contributed by atoms with van der Waals surface area (Å²) in [7, 11) is 0. The Morgan fingerprint density at radius 1 is 0.987 bits per heavy atom. The summed E-state index contributed by atoms with van der Waals surface area (Å²) in [5.74, 6) is 0.325. The van der Waals surface area contributed by atoms with E-state index in [1.54, 1.807) is 17.4 Å². The van der Waals surface area contributed by atoms with Gasteiger partial charge in [-0.2, -0.15) is 0 Å². The standard InChI is InChI=1S/C59H66N9O6S.Sn/c1-7-12-37(31-73-59-64-54-46(56(65-59)67-28-41-22-23-42(29-67)63-41)27-60-53-45-17-11-15-39-14-10-16-44(52(39)45)34(4)51(53)54)13-8-9-24-72-49-26-48(74-66-49)50(33(2)3)58(71)68-30-43(69)25-47(68)57(70)62-35(5)38-18-20-40(21-19-38)55-36(6)61-32-75-55;/h9-11,14-21,26-27,32-35,41-43,47,50,63,69H,1,7-8,12-13,22-25,28-31H2,2-6H3,(H,62,70);/t34?,35-,41?,42?,43+,47-,50-;/m0./s1. The summed E-state index contributed by atoms with van der Waals surface area (Å²) in [4.78, 5) is 53.8. The number of pyridine rings is 1. The first-order valence-corrected chi connectivity index (χ1v) is 33.5. The molecular weight excluding hydrogens is 1080 g/mol. The number of benzene rings is 3. The Bertz CT molecular complexity index is 3350. The first-order valence-electron chi connectivity index (χ1n) is 27.5. The minimum atomic E-state index is -2.16. The van der Waals surface area contributed by atoms with E-state index in [1.165, 1.54) is 44.9 Å². The molecule has 76 heavy (non-hydrogen) atoms. The Hall–Kier alpha value is -5.69. The van der Waals surface area contributed by atoms with Gasteiger partial charge < -0.3 is 0 Å². The Morgan fingerprint density at radius 3 is 2.57 bits per heavy atom. The number of fused-ring (bicyclic) bond motifs is 7. The number of aryl methyl sites for hydroxylation is 1. The van der Waals surface area contributed by atoms with Crippen molar-refractivity contribution in [2.45, 2.75) is 133 Å². The molecule has 7 aromatic rings. The SMILES string of the molecule is Cc1ncsc1-c1ccc([C@H](C)NC(=O)[C@@H]2C[C@@H](O)CN2C(=O)[C@H](c2cc(OC[C@@H]3CC[C@@]4(COc5nc(N6CC7CCC(C6)N7)c6cnc7c(c6n5)C(C)c5cccc6cccc-7c56)CC[CH2][Sn]34)no2)C(C)C)cc1. The van der Waals surface area contributed by atoms with Gasteiger partial charge in [-0.25, -0.2) is 4.98 Å². The zero-order valence-corrected chi connectivity index (χ0v) is 47.6. The third kappa shape index (κ3) is 8.82. The van der Waals surface area contributed by atoms with Crippen LogP contribution in [0.3, 0.4) is 0 Å². The summed E-state index contributed by atoms with van der Waals surface area (Å²) < 4.78 is 21.4. The number of hydrogen-bond donors (Lipinski definition) is 3. The maximum absolute atomic E-state index is 14.5. The minimum Gasteiger partial charge on any atom is -0.0563 e. The average molecular weight is 1150 g/mol. The van der Waals surface area contributed by atoms with E-state index in [-0.39, 0.29) is 46.1 Å². The van der Waals surface area contributed by atoms with Crippen molar-refractivity contribution in [2.75, 3.05) is 37.7 Å². The number of carbonyl (C=O) groups is 2. The molecule has 393 valence electrons. The fraction of sp³-hybridized carbons (Fsp3) is 0.475. The molecule has 3 N–H and O–H groups in total. The number of hydrogen-bond acceptors (Lipinski definition) is 14. The number of nitrogens with zero attached hydrogens (tertiary/aromatic N) is 7. The maximum atomic E-state index is 14.5. The fourth-order valence-corrected chi connectivity index (χ4v) is 27.3. The number of amides is 2. The van der Waals surface area contributed by atoms with Gasteiger partial charge in [-0.1, -0.05) is 24.3 Å². The fourth-order valence-electron chi connectivity index (χ4n) is 14.1. The van der Waals surface area contributed by atoms with Crippen molar-refractivity contribution in [3.8, 4) is 33.6 Å². The summed E-state index contributed by atoms with van der Waals surface area (Å²) in [5, 5.41) is 25.6. The second-order valence-corrected chi connectivity index (χ2v) is 33.6. The normalized spacial score (nSPS) is 25.6. The molecule has 17 heteroatoms. The first kappa shape index (κ1) is 49.9.